The molecule has 1 rings (SSSR count). The van der Waals surface area contributed by atoms with E-state index in [0.29, 0.717) is 6.07 Å². The monoisotopic (exact) mass is 282 g/mol. The Hall–Kier alpha value is -1.77. The molecule has 2 N–H and O–H groups in total. The van der Waals surface area contributed by atoms with Crippen LogP contribution < -0.4 is 10.0 Å². The van der Waals surface area contributed by atoms with Crippen molar-refractivity contribution >= 4 is 16.1 Å². The number of sulfonamides is 1. The highest BCUT2D eigenvalue weighted by Crippen LogP contribution is 2.30. The van der Waals surface area contributed by atoms with E-state index in [2.05, 4.69) is 0 Å². The quantitative estimate of drug-likeness (QED) is 0.859. The second kappa shape index (κ2) is 4.84. The maximum atomic E-state index is 12.4. The fraction of sp³-hybridized carbons (Fsp3) is 0.222. The van der Waals surface area contributed by atoms with Crippen molar-refractivity contribution in [3.05, 3.63) is 29.8 Å². The van der Waals surface area contributed by atoms with E-state index in [-0.39, 0.29) is 0 Å². The van der Waals surface area contributed by atoms with Crippen molar-refractivity contribution in [1.29, 1.82) is 0 Å². The Kier molecular flexibility index (Phi) is 3.85. The number of urea groups is 1. The standard InChI is InChI=1S/C9H9F3N2O3S/c1-13-8(15)14-18(16,17)7-4-2-3-6(5-7)9(10,11)12/h2-5H,1H3,(H2,13,14,15). The minimum Gasteiger partial charge on any atom is -0.340 e. The van der Waals surface area contributed by atoms with Crippen LogP contribution in [0.3, 0.4) is 0 Å². The van der Waals surface area contributed by atoms with Crippen molar-refractivity contribution in [2.45, 2.75) is 11.1 Å². The molecule has 0 aliphatic rings. The summed E-state index contributed by atoms with van der Waals surface area (Å²) in [6.45, 7) is 0. The highest BCUT2D eigenvalue weighted by atomic mass is 32.2. The Morgan fingerprint density at radius 2 is 1.89 bits per heavy atom. The number of benzene rings is 1. The fourth-order valence-corrected chi connectivity index (χ4v) is 2.08. The van der Waals surface area contributed by atoms with Crippen LogP contribution in [0.1, 0.15) is 5.56 Å². The minimum atomic E-state index is -4.65. The van der Waals surface area contributed by atoms with Crippen LogP contribution in [0.25, 0.3) is 0 Å². The number of hydrogen-bond donors (Lipinski definition) is 2. The number of nitrogens with one attached hydrogen (secondary N) is 2. The zero-order chi connectivity index (χ0) is 14.0. The molecule has 0 aliphatic heterocycles. The largest absolute Gasteiger partial charge is 0.416 e. The summed E-state index contributed by atoms with van der Waals surface area (Å²) in [5, 5.41) is 1.98. The molecule has 2 amide bonds. The highest BCUT2D eigenvalue weighted by molar-refractivity contribution is 7.90. The molecule has 0 atom stereocenters. The molecule has 1 aromatic carbocycles. The van der Waals surface area contributed by atoms with Crippen LogP contribution in [0.15, 0.2) is 29.2 Å². The molecule has 100 valence electrons. The van der Waals surface area contributed by atoms with Crippen molar-refractivity contribution in [2.24, 2.45) is 0 Å². The van der Waals surface area contributed by atoms with Gasteiger partial charge in [-0.25, -0.2) is 17.9 Å². The van der Waals surface area contributed by atoms with E-state index in [4.69, 9.17) is 0 Å². The van der Waals surface area contributed by atoms with Crippen LogP contribution >= 0.6 is 0 Å². The second-order valence-corrected chi connectivity index (χ2v) is 4.89. The number of rotatable bonds is 2. The molecule has 18 heavy (non-hydrogen) atoms. The normalized spacial score (nSPS) is 12.0. The maximum absolute atomic E-state index is 12.4. The topological polar surface area (TPSA) is 75.3 Å². The van der Waals surface area contributed by atoms with Gasteiger partial charge in [-0.1, -0.05) is 6.07 Å². The Labute approximate surface area is 101 Å². The maximum Gasteiger partial charge on any atom is 0.416 e. The first kappa shape index (κ1) is 14.3. The molecule has 0 saturated carbocycles. The lowest BCUT2D eigenvalue weighted by molar-refractivity contribution is -0.137. The number of hydrogen-bond acceptors (Lipinski definition) is 3. The molecule has 9 heteroatoms. The summed E-state index contributed by atoms with van der Waals surface area (Å²) in [6, 6.07) is 2.05. The highest BCUT2D eigenvalue weighted by Gasteiger charge is 2.31. The smallest absolute Gasteiger partial charge is 0.340 e. The number of carbonyl (C=O) groups is 1. The average molecular weight is 282 g/mol. The lowest BCUT2D eigenvalue weighted by Gasteiger charge is -2.09. The molecule has 0 aromatic heterocycles. The summed E-state index contributed by atoms with van der Waals surface area (Å²) in [7, 11) is -3.14. The third-order valence-electron chi connectivity index (χ3n) is 1.93. The van der Waals surface area contributed by atoms with Gasteiger partial charge in [0.15, 0.2) is 0 Å². The van der Waals surface area contributed by atoms with Crippen LogP contribution in [0, 0.1) is 0 Å². The predicted molar refractivity (Wildman–Crippen MR) is 56.2 cm³/mol. The van der Waals surface area contributed by atoms with E-state index in [1.807, 2.05) is 5.32 Å². The van der Waals surface area contributed by atoms with Crippen molar-refractivity contribution in [2.75, 3.05) is 7.05 Å². The minimum absolute atomic E-state index is 0.450. The number of carbonyl (C=O) groups excluding carboxylic acids is 1. The van der Waals surface area contributed by atoms with Crippen molar-refractivity contribution in [3.63, 3.8) is 0 Å². The number of amides is 2. The third-order valence-corrected chi connectivity index (χ3v) is 3.25. The van der Waals surface area contributed by atoms with E-state index < -0.39 is 32.7 Å². The molecule has 0 bridgehead atoms. The Balaban J connectivity index is 3.15. The molecule has 0 aliphatic carbocycles. The Morgan fingerprint density at radius 1 is 1.28 bits per heavy atom. The van der Waals surface area contributed by atoms with E-state index in [0.717, 1.165) is 18.2 Å². The van der Waals surface area contributed by atoms with Gasteiger partial charge in [-0.2, -0.15) is 13.2 Å². The molecule has 0 heterocycles. The molecule has 0 unspecified atom stereocenters. The van der Waals surface area contributed by atoms with Crippen LogP contribution in [-0.4, -0.2) is 21.5 Å². The predicted octanol–water partition coefficient (Wildman–Crippen LogP) is 1.32. The van der Waals surface area contributed by atoms with Crippen molar-refractivity contribution in [3.8, 4) is 0 Å². The van der Waals surface area contributed by atoms with E-state index in [1.54, 1.807) is 4.72 Å². The van der Waals surface area contributed by atoms with Gasteiger partial charge in [-0.3, -0.25) is 0 Å². The van der Waals surface area contributed by atoms with Gasteiger partial charge in [0, 0.05) is 7.05 Å². The average Bonchev–Trinajstić information content (AvgIpc) is 2.27. The van der Waals surface area contributed by atoms with Gasteiger partial charge in [0.1, 0.15) is 0 Å². The zero-order valence-corrected chi connectivity index (χ0v) is 9.89. The van der Waals surface area contributed by atoms with Crippen LogP contribution in [0.2, 0.25) is 0 Å². The molecule has 0 saturated heterocycles. The number of halogens is 3. The molecule has 0 fully saturated rings. The van der Waals surface area contributed by atoms with Gasteiger partial charge in [-0.15, -0.1) is 0 Å². The van der Waals surface area contributed by atoms with E-state index in [9.17, 15) is 26.4 Å². The molecule has 1 aromatic rings. The first-order valence-corrected chi connectivity index (χ1v) is 6.07. The summed E-state index contributed by atoms with van der Waals surface area (Å²) in [4.78, 5) is 10.2. The molecular weight excluding hydrogens is 273 g/mol. The summed E-state index contributed by atoms with van der Waals surface area (Å²) in [5.41, 5.74) is -1.11. The summed E-state index contributed by atoms with van der Waals surface area (Å²) in [5.74, 6) is 0. The Morgan fingerprint density at radius 3 is 2.39 bits per heavy atom. The van der Waals surface area contributed by atoms with Gasteiger partial charge >= 0.3 is 12.2 Å². The zero-order valence-electron chi connectivity index (χ0n) is 9.08. The molecule has 0 spiro atoms. The molecule has 0 radical (unpaired) electrons. The van der Waals surface area contributed by atoms with Gasteiger partial charge < -0.3 is 5.32 Å². The van der Waals surface area contributed by atoms with Crippen molar-refractivity contribution < 1.29 is 26.4 Å². The van der Waals surface area contributed by atoms with Gasteiger partial charge in [0.25, 0.3) is 10.0 Å². The first-order chi connectivity index (χ1) is 8.16. The number of alkyl halides is 3. The van der Waals surface area contributed by atoms with Crippen molar-refractivity contribution in [1.82, 2.24) is 10.0 Å². The Bertz CT molecular complexity index is 554. The lowest BCUT2D eigenvalue weighted by Crippen LogP contribution is -2.37. The third kappa shape index (κ3) is 3.36. The summed E-state index contributed by atoms with van der Waals surface area (Å²) in [6.07, 6.45) is -4.65. The van der Waals surface area contributed by atoms with E-state index >= 15 is 0 Å². The van der Waals surface area contributed by atoms with Gasteiger partial charge in [0.2, 0.25) is 0 Å². The lowest BCUT2D eigenvalue weighted by atomic mass is 10.2. The second-order valence-electron chi connectivity index (χ2n) is 3.21. The summed E-state index contributed by atoms with van der Waals surface area (Å²) < 4.78 is 61.8. The van der Waals surface area contributed by atoms with Crippen LogP contribution in [0.4, 0.5) is 18.0 Å². The fourth-order valence-electron chi connectivity index (χ4n) is 1.07. The molecule has 5 nitrogen and oxygen atoms in total. The van der Waals surface area contributed by atoms with Gasteiger partial charge in [-0.05, 0) is 18.2 Å². The van der Waals surface area contributed by atoms with Crippen LogP contribution in [0.5, 0.6) is 0 Å². The summed E-state index contributed by atoms with van der Waals surface area (Å²) >= 11 is 0. The van der Waals surface area contributed by atoms with Gasteiger partial charge in [0.05, 0.1) is 10.5 Å². The van der Waals surface area contributed by atoms with E-state index in [1.165, 1.54) is 7.05 Å². The molecular formula is C9H9F3N2O3S. The van der Waals surface area contributed by atoms with Crippen LogP contribution in [-0.2, 0) is 16.2 Å². The SMILES string of the molecule is CNC(=O)NS(=O)(=O)c1cccc(C(F)(F)F)c1. The first-order valence-electron chi connectivity index (χ1n) is 4.58.